The van der Waals surface area contributed by atoms with Gasteiger partial charge < -0.3 is 15.4 Å². The van der Waals surface area contributed by atoms with E-state index in [1.807, 2.05) is 49.4 Å². The fourth-order valence-electron chi connectivity index (χ4n) is 1.85. The van der Waals surface area contributed by atoms with Crippen LogP contribution in [0, 0.1) is 6.92 Å². The van der Waals surface area contributed by atoms with Crippen LogP contribution in [-0.2, 0) is 0 Å². The van der Waals surface area contributed by atoms with Gasteiger partial charge in [-0.1, -0.05) is 23.7 Å². The lowest BCUT2D eigenvalue weighted by Crippen LogP contribution is -2.13. The number of methoxy groups -OCH3 is 1. The summed E-state index contributed by atoms with van der Waals surface area (Å²) in [7, 11) is 1.67. The number of halogens is 1. The van der Waals surface area contributed by atoms with Crippen LogP contribution in [0.5, 0.6) is 5.75 Å². The first-order chi connectivity index (χ1) is 9.69. The van der Waals surface area contributed by atoms with Crippen molar-refractivity contribution in [2.24, 2.45) is 0 Å². The van der Waals surface area contributed by atoms with Crippen LogP contribution >= 0.6 is 11.6 Å². The molecule has 0 radical (unpaired) electrons. The molecular weight excluding hydrogens is 272 g/mol. The zero-order chi connectivity index (χ0) is 14.4. The van der Waals surface area contributed by atoms with Crippen molar-refractivity contribution in [2.75, 3.05) is 30.8 Å². The molecular formula is C16H19ClN2O. The van der Waals surface area contributed by atoms with Gasteiger partial charge in [-0.2, -0.15) is 0 Å². The van der Waals surface area contributed by atoms with Crippen LogP contribution in [0.15, 0.2) is 42.5 Å². The summed E-state index contributed by atoms with van der Waals surface area (Å²) in [4.78, 5) is 0. The summed E-state index contributed by atoms with van der Waals surface area (Å²) in [5.74, 6) is 0.855. The number of hydrogen-bond donors (Lipinski definition) is 2. The Labute approximate surface area is 124 Å². The van der Waals surface area contributed by atoms with Gasteiger partial charge in [0.25, 0.3) is 0 Å². The number of nitrogens with one attached hydrogen (secondary N) is 2. The molecule has 106 valence electrons. The molecule has 0 bridgehead atoms. The fourth-order valence-corrected chi connectivity index (χ4v) is 2.03. The van der Waals surface area contributed by atoms with Crippen LogP contribution in [0.3, 0.4) is 0 Å². The summed E-state index contributed by atoms with van der Waals surface area (Å²) >= 11 is 6.09. The number of aryl methyl sites for hydroxylation is 1. The van der Waals surface area contributed by atoms with Gasteiger partial charge >= 0.3 is 0 Å². The van der Waals surface area contributed by atoms with Crippen molar-refractivity contribution >= 4 is 23.0 Å². The van der Waals surface area contributed by atoms with Gasteiger partial charge in [0.05, 0.1) is 7.11 Å². The second kappa shape index (κ2) is 7.06. The smallest absolute Gasteiger partial charge is 0.120 e. The Morgan fingerprint density at radius 2 is 1.70 bits per heavy atom. The number of benzene rings is 2. The van der Waals surface area contributed by atoms with E-state index in [0.29, 0.717) is 0 Å². The van der Waals surface area contributed by atoms with E-state index < -0.39 is 0 Å². The Bertz CT molecular complexity index is 572. The van der Waals surface area contributed by atoms with Crippen molar-refractivity contribution in [3.05, 3.63) is 53.1 Å². The summed E-state index contributed by atoms with van der Waals surface area (Å²) in [6.45, 7) is 3.63. The fraction of sp³-hybridized carbons (Fsp3) is 0.250. The van der Waals surface area contributed by atoms with E-state index in [-0.39, 0.29) is 0 Å². The van der Waals surface area contributed by atoms with Crippen molar-refractivity contribution in [1.82, 2.24) is 0 Å². The highest BCUT2D eigenvalue weighted by atomic mass is 35.5. The molecule has 0 saturated carbocycles. The molecule has 2 N–H and O–H groups in total. The van der Waals surface area contributed by atoms with Crippen molar-refractivity contribution in [2.45, 2.75) is 6.92 Å². The molecule has 0 aliphatic rings. The number of anilines is 2. The van der Waals surface area contributed by atoms with Crippen molar-refractivity contribution < 1.29 is 4.74 Å². The molecule has 0 fully saturated rings. The molecule has 0 aromatic heterocycles. The molecule has 0 amide bonds. The van der Waals surface area contributed by atoms with Crippen LogP contribution in [0.2, 0.25) is 5.02 Å². The number of rotatable bonds is 6. The topological polar surface area (TPSA) is 33.3 Å². The third kappa shape index (κ3) is 4.07. The highest BCUT2D eigenvalue weighted by molar-refractivity contribution is 6.31. The van der Waals surface area contributed by atoms with E-state index in [1.165, 1.54) is 0 Å². The van der Waals surface area contributed by atoms with Crippen molar-refractivity contribution in [3.8, 4) is 5.75 Å². The predicted octanol–water partition coefficient (Wildman–Crippen LogP) is 4.18. The van der Waals surface area contributed by atoms with Gasteiger partial charge in [0.1, 0.15) is 5.75 Å². The Kier molecular flexibility index (Phi) is 5.13. The first-order valence-electron chi connectivity index (χ1n) is 6.57. The largest absolute Gasteiger partial charge is 0.497 e. The first-order valence-corrected chi connectivity index (χ1v) is 6.95. The second-order valence-electron chi connectivity index (χ2n) is 4.55. The minimum atomic E-state index is 0.788. The second-order valence-corrected chi connectivity index (χ2v) is 4.96. The molecule has 0 atom stereocenters. The quantitative estimate of drug-likeness (QED) is 0.783. The van der Waals surface area contributed by atoms with Crippen LogP contribution in [-0.4, -0.2) is 20.2 Å². The molecule has 0 aliphatic heterocycles. The van der Waals surface area contributed by atoms with Gasteiger partial charge in [-0.3, -0.25) is 0 Å². The van der Waals surface area contributed by atoms with Gasteiger partial charge in [0.15, 0.2) is 0 Å². The zero-order valence-electron chi connectivity index (χ0n) is 11.7. The van der Waals surface area contributed by atoms with Crippen LogP contribution in [0.4, 0.5) is 11.4 Å². The van der Waals surface area contributed by atoms with E-state index in [4.69, 9.17) is 16.3 Å². The third-order valence-corrected chi connectivity index (χ3v) is 3.43. The highest BCUT2D eigenvalue weighted by Gasteiger charge is 1.98. The van der Waals surface area contributed by atoms with Crippen molar-refractivity contribution in [3.63, 3.8) is 0 Å². The molecule has 2 aromatic rings. The van der Waals surface area contributed by atoms with Gasteiger partial charge in [0.2, 0.25) is 0 Å². The summed E-state index contributed by atoms with van der Waals surface area (Å²) in [5, 5.41) is 7.46. The minimum Gasteiger partial charge on any atom is -0.497 e. The highest BCUT2D eigenvalue weighted by Crippen LogP contribution is 2.20. The van der Waals surface area contributed by atoms with E-state index >= 15 is 0 Å². The van der Waals surface area contributed by atoms with Crippen molar-refractivity contribution in [1.29, 1.82) is 0 Å². The Balaban J connectivity index is 1.79. The van der Waals surface area contributed by atoms with Crippen LogP contribution in [0.1, 0.15) is 5.56 Å². The van der Waals surface area contributed by atoms with Crippen LogP contribution in [0.25, 0.3) is 0 Å². The summed E-state index contributed by atoms with van der Waals surface area (Å²) < 4.78 is 5.18. The molecule has 0 heterocycles. The van der Waals surface area contributed by atoms with Crippen LogP contribution < -0.4 is 15.4 Å². The maximum atomic E-state index is 6.09. The number of ether oxygens (including phenoxy) is 1. The zero-order valence-corrected chi connectivity index (χ0v) is 12.5. The van der Waals surface area contributed by atoms with E-state index in [0.717, 1.165) is 40.8 Å². The summed E-state index contributed by atoms with van der Waals surface area (Å²) in [5.41, 5.74) is 3.17. The SMILES string of the molecule is COc1cccc(NCCNc2ccc(C)c(Cl)c2)c1. The first kappa shape index (κ1) is 14.5. The lowest BCUT2D eigenvalue weighted by atomic mass is 10.2. The lowest BCUT2D eigenvalue weighted by Gasteiger charge is -2.10. The predicted molar refractivity (Wildman–Crippen MR) is 86.2 cm³/mol. The molecule has 0 aliphatic carbocycles. The summed E-state index contributed by atoms with van der Waals surface area (Å²) in [6, 6.07) is 13.9. The monoisotopic (exact) mass is 290 g/mol. The maximum absolute atomic E-state index is 6.09. The van der Waals surface area contributed by atoms with E-state index in [2.05, 4.69) is 10.6 Å². The molecule has 4 heteroatoms. The molecule has 0 spiro atoms. The standard InChI is InChI=1S/C16H19ClN2O/c1-12-6-7-14(11-16(12)17)19-9-8-18-13-4-3-5-15(10-13)20-2/h3-7,10-11,18-19H,8-9H2,1-2H3. The molecule has 3 nitrogen and oxygen atoms in total. The van der Waals surface area contributed by atoms with Gasteiger partial charge in [0, 0.05) is 35.6 Å². The Morgan fingerprint density at radius 3 is 2.35 bits per heavy atom. The van der Waals surface area contributed by atoms with E-state index in [1.54, 1.807) is 7.11 Å². The average molecular weight is 291 g/mol. The third-order valence-electron chi connectivity index (χ3n) is 3.02. The molecule has 20 heavy (non-hydrogen) atoms. The average Bonchev–Trinajstić information content (AvgIpc) is 2.47. The summed E-state index contributed by atoms with van der Waals surface area (Å²) in [6.07, 6.45) is 0. The lowest BCUT2D eigenvalue weighted by molar-refractivity contribution is 0.415. The van der Waals surface area contributed by atoms with Gasteiger partial charge in [-0.25, -0.2) is 0 Å². The molecule has 0 saturated heterocycles. The van der Waals surface area contributed by atoms with Gasteiger partial charge in [-0.15, -0.1) is 0 Å². The maximum Gasteiger partial charge on any atom is 0.120 e. The van der Waals surface area contributed by atoms with E-state index in [9.17, 15) is 0 Å². The Morgan fingerprint density at radius 1 is 1.00 bits per heavy atom. The minimum absolute atomic E-state index is 0.788. The van der Waals surface area contributed by atoms with Gasteiger partial charge in [-0.05, 0) is 36.8 Å². The molecule has 2 aromatic carbocycles. The number of hydrogen-bond acceptors (Lipinski definition) is 3. The molecule has 2 rings (SSSR count). The molecule has 0 unspecified atom stereocenters. The normalized spacial score (nSPS) is 10.2. The Hall–Kier alpha value is -1.87.